The Morgan fingerprint density at radius 3 is 2.56 bits per heavy atom. The maximum Gasteiger partial charge on any atom is 0.188 e. The fourth-order valence-electron chi connectivity index (χ4n) is 2.47. The molecule has 7 heteroatoms. The molecule has 0 fully saturated rings. The molecule has 0 atom stereocenters. The third-order valence-electron chi connectivity index (χ3n) is 4.10. The molecule has 0 aliphatic rings. The number of nitrogens with two attached hydrogens (primary N) is 1. The fraction of sp³-hybridized carbons (Fsp3) is 0.500. The minimum Gasteiger partial charge on any atom is -0.493 e. The van der Waals surface area contributed by atoms with E-state index in [1.165, 1.54) is 0 Å². The number of nitrogens with zero attached hydrogens (tertiary/aromatic N) is 2. The smallest absolute Gasteiger partial charge is 0.188 e. The minimum absolute atomic E-state index is 0.0861. The summed E-state index contributed by atoms with van der Waals surface area (Å²) in [6.45, 7) is 7.85. The molecule has 2 aromatic rings. The number of rotatable bonds is 8. The van der Waals surface area contributed by atoms with Crippen LogP contribution in [0.3, 0.4) is 0 Å². The summed E-state index contributed by atoms with van der Waals surface area (Å²) in [6, 6.07) is 5.90. The molecule has 0 saturated heterocycles. The second-order valence-corrected chi connectivity index (χ2v) is 8.20. The van der Waals surface area contributed by atoms with Crippen LogP contribution in [-0.2, 0) is 18.3 Å². The van der Waals surface area contributed by atoms with Gasteiger partial charge < -0.3 is 20.5 Å². The molecule has 0 unspecified atom stereocenters. The zero-order valence-corrected chi connectivity index (χ0v) is 17.7. The summed E-state index contributed by atoms with van der Waals surface area (Å²) in [5.41, 5.74) is 8.32. The maximum absolute atomic E-state index is 5.96. The second-order valence-electron chi connectivity index (χ2n) is 7.26. The summed E-state index contributed by atoms with van der Waals surface area (Å²) in [5.74, 6) is 1.92. The SMILES string of the molecule is COc1ccc(CCNC(N)=NCCc2nc(C(C)(C)C)cs2)cc1OC. The normalized spacial score (nSPS) is 12.1. The number of aliphatic imine (C=N–C) groups is 1. The molecule has 148 valence electrons. The lowest BCUT2D eigenvalue weighted by molar-refractivity contribution is 0.354. The van der Waals surface area contributed by atoms with Gasteiger partial charge in [0.05, 0.1) is 24.9 Å². The van der Waals surface area contributed by atoms with Crippen LogP contribution in [0.2, 0.25) is 0 Å². The number of benzene rings is 1. The van der Waals surface area contributed by atoms with Crippen molar-refractivity contribution in [2.24, 2.45) is 10.7 Å². The molecular formula is C20H30N4O2S. The molecule has 3 N–H and O–H groups in total. The number of hydrogen-bond acceptors (Lipinski definition) is 5. The van der Waals surface area contributed by atoms with Crippen LogP contribution < -0.4 is 20.5 Å². The van der Waals surface area contributed by atoms with Crippen molar-refractivity contribution in [3.05, 3.63) is 39.8 Å². The Labute approximate surface area is 165 Å². The van der Waals surface area contributed by atoms with Crippen molar-refractivity contribution in [1.29, 1.82) is 0 Å². The van der Waals surface area contributed by atoms with Gasteiger partial charge in [0.1, 0.15) is 0 Å². The van der Waals surface area contributed by atoms with E-state index in [4.69, 9.17) is 15.2 Å². The topological polar surface area (TPSA) is 81.8 Å². The van der Waals surface area contributed by atoms with Crippen molar-refractivity contribution < 1.29 is 9.47 Å². The van der Waals surface area contributed by atoms with E-state index in [0.717, 1.165) is 40.6 Å². The van der Waals surface area contributed by atoms with Gasteiger partial charge in [-0.25, -0.2) is 4.98 Å². The van der Waals surface area contributed by atoms with Crippen LogP contribution in [0.25, 0.3) is 0 Å². The van der Waals surface area contributed by atoms with Crippen LogP contribution in [0.4, 0.5) is 0 Å². The highest BCUT2D eigenvalue weighted by Crippen LogP contribution is 2.27. The van der Waals surface area contributed by atoms with Gasteiger partial charge in [0.25, 0.3) is 0 Å². The molecule has 0 saturated carbocycles. The number of guanidine groups is 1. The Hall–Kier alpha value is -2.28. The zero-order valence-electron chi connectivity index (χ0n) is 16.8. The van der Waals surface area contributed by atoms with Gasteiger partial charge in [-0.05, 0) is 24.1 Å². The van der Waals surface area contributed by atoms with Gasteiger partial charge in [-0.3, -0.25) is 4.99 Å². The van der Waals surface area contributed by atoms with Crippen LogP contribution in [0.15, 0.2) is 28.6 Å². The second kappa shape index (κ2) is 9.60. The first-order valence-electron chi connectivity index (χ1n) is 9.03. The van der Waals surface area contributed by atoms with E-state index in [0.29, 0.717) is 19.0 Å². The largest absolute Gasteiger partial charge is 0.493 e. The van der Waals surface area contributed by atoms with Crippen molar-refractivity contribution in [2.75, 3.05) is 27.3 Å². The van der Waals surface area contributed by atoms with E-state index < -0.39 is 0 Å². The van der Waals surface area contributed by atoms with E-state index in [-0.39, 0.29) is 5.41 Å². The summed E-state index contributed by atoms with van der Waals surface area (Å²) >= 11 is 1.69. The van der Waals surface area contributed by atoms with E-state index in [2.05, 4.69) is 41.4 Å². The van der Waals surface area contributed by atoms with Crippen molar-refractivity contribution in [3.63, 3.8) is 0 Å². The monoisotopic (exact) mass is 390 g/mol. The molecule has 27 heavy (non-hydrogen) atoms. The van der Waals surface area contributed by atoms with Crippen molar-refractivity contribution in [3.8, 4) is 11.5 Å². The Kier molecular flexibility index (Phi) is 7.47. The molecule has 1 aromatic carbocycles. The highest BCUT2D eigenvalue weighted by atomic mass is 32.1. The predicted octanol–water partition coefficient (Wildman–Crippen LogP) is 3.15. The van der Waals surface area contributed by atoms with Gasteiger partial charge in [0.2, 0.25) is 0 Å². The standard InChI is InChI=1S/C20H30N4O2S/c1-20(2,3)17-13-27-18(24-17)9-11-23-19(21)22-10-8-14-6-7-15(25-4)16(12-14)26-5/h6-7,12-13H,8-11H2,1-5H3,(H3,21,22,23). The molecule has 0 amide bonds. The first-order valence-corrected chi connectivity index (χ1v) is 9.91. The summed E-state index contributed by atoms with van der Waals surface area (Å²) in [5, 5.41) is 6.38. The summed E-state index contributed by atoms with van der Waals surface area (Å²) in [6.07, 6.45) is 1.62. The quantitative estimate of drug-likeness (QED) is 0.534. The number of aromatic nitrogens is 1. The molecule has 0 aliphatic heterocycles. The van der Waals surface area contributed by atoms with Crippen LogP contribution in [0.5, 0.6) is 11.5 Å². The molecule has 1 aromatic heterocycles. The van der Waals surface area contributed by atoms with Crippen LogP contribution >= 0.6 is 11.3 Å². The van der Waals surface area contributed by atoms with Crippen molar-refractivity contribution in [2.45, 2.75) is 39.0 Å². The molecule has 0 bridgehead atoms. The van der Waals surface area contributed by atoms with Crippen molar-refractivity contribution in [1.82, 2.24) is 10.3 Å². The van der Waals surface area contributed by atoms with Crippen LogP contribution in [0, 0.1) is 0 Å². The lowest BCUT2D eigenvalue weighted by atomic mass is 9.93. The highest BCUT2D eigenvalue weighted by Gasteiger charge is 2.17. The fourth-order valence-corrected chi connectivity index (χ4v) is 3.48. The summed E-state index contributed by atoms with van der Waals surface area (Å²) < 4.78 is 10.6. The first-order chi connectivity index (χ1) is 12.8. The Bertz CT molecular complexity index is 766. The molecule has 0 radical (unpaired) electrons. The van der Waals surface area contributed by atoms with E-state index in [1.54, 1.807) is 25.6 Å². The predicted molar refractivity (Wildman–Crippen MR) is 112 cm³/mol. The third kappa shape index (κ3) is 6.43. The summed E-state index contributed by atoms with van der Waals surface area (Å²) in [4.78, 5) is 9.07. The van der Waals surface area contributed by atoms with Crippen LogP contribution in [0.1, 0.15) is 37.0 Å². The number of thiazole rings is 1. The lowest BCUT2D eigenvalue weighted by Crippen LogP contribution is -2.33. The third-order valence-corrected chi connectivity index (χ3v) is 5.00. The summed E-state index contributed by atoms with van der Waals surface area (Å²) in [7, 11) is 3.27. The average molecular weight is 391 g/mol. The molecule has 1 heterocycles. The zero-order chi connectivity index (χ0) is 19.9. The van der Waals surface area contributed by atoms with Gasteiger partial charge in [0, 0.05) is 30.3 Å². The number of methoxy groups -OCH3 is 2. The number of hydrogen-bond donors (Lipinski definition) is 2. The van der Waals surface area contributed by atoms with Crippen molar-refractivity contribution >= 4 is 17.3 Å². The molecule has 0 spiro atoms. The first kappa shape index (κ1) is 21.0. The van der Waals surface area contributed by atoms with Gasteiger partial charge in [0.15, 0.2) is 17.5 Å². The van der Waals surface area contributed by atoms with E-state index >= 15 is 0 Å². The Morgan fingerprint density at radius 2 is 1.93 bits per heavy atom. The lowest BCUT2D eigenvalue weighted by Gasteiger charge is -2.14. The van der Waals surface area contributed by atoms with Gasteiger partial charge in [-0.1, -0.05) is 26.8 Å². The minimum atomic E-state index is 0.0861. The van der Waals surface area contributed by atoms with Crippen LogP contribution in [-0.4, -0.2) is 38.3 Å². The highest BCUT2D eigenvalue weighted by molar-refractivity contribution is 7.09. The van der Waals surface area contributed by atoms with E-state index in [9.17, 15) is 0 Å². The van der Waals surface area contributed by atoms with Gasteiger partial charge in [-0.2, -0.15) is 0 Å². The molecular weight excluding hydrogens is 360 g/mol. The Morgan fingerprint density at radius 1 is 1.19 bits per heavy atom. The number of nitrogens with one attached hydrogen (secondary N) is 1. The number of ether oxygens (including phenoxy) is 2. The Balaban J connectivity index is 1.77. The molecule has 2 rings (SSSR count). The van der Waals surface area contributed by atoms with E-state index in [1.807, 2.05) is 18.2 Å². The molecule has 0 aliphatic carbocycles. The maximum atomic E-state index is 5.96. The average Bonchev–Trinajstić information content (AvgIpc) is 3.11. The molecule has 6 nitrogen and oxygen atoms in total. The van der Waals surface area contributed by atoms with Gasteiger partial charge in [-0.15, -0.1) is 11.3 Å². The van der Waals surface area contributed by atoms with Gasteiger partial charge >= 0.3 is 0 Å².